The van der Waals surface area contributed by atoms with Crippen LogP contribution in [0, 0.1) is 0 Å². The van der Waals surface area contributed by atoms with E-state index < -0.39 is 5.91 Å². The Balaban J connectivity index is 3.18. The number of amides is 2. The second kappa shape index (κ2) is 6.55. The Bertz CT molecular complexity index is 499. The van der Waals surface area contributed by atoms with Crippen molar-refractivity contribution in [3.05, 3.63) is 36.4 Å². The van der Waals surface area contributed by atoms with Gasteiger partial charge in [0.1, 0.15) is 5.75 Å². The lowest BCUT2D eigenvalue weighted by atomic mass is 10.1. The molecule has 1 aromatic carbocycles. The number of benzene rings is 1. The lowest BCUT2D eigenvalue weighted by Gasteiger charge is -2.17. The van der Waals surface area contributed by atoms with Crippen LogP contribution < -0.4 is 10.1 Å². The van der Waals surface area contributed by atoms with Crippen molar-refractivity contribution in [2.24, 2.45) is 0 Å². The van der Waals surface area contributed by atoms with E-state index in [9.17, 15) is 9.59 Å². The van der Waals surface area contributed by atoms with Crippen LogP contribution in [0.5, 0.6) is 5.75 Å². The van der Waals surface area contributed by atoms with Crippen LogP contribution in [0.1, 0.15) is 10.4 Å². The molecule has 1 rings (SSSR count). The largest absolute Gasteiger partial charge is 0.497 e. The maximum Gasteiger partial charge on any atom is 0.279 e. The van der Waals surface area contributed by atoms with Crippen LogP contribution in [0.4, 0.5) is 5.69 Å². The van der Waals surface area contributed by atoms with Gasteiger partial charge >= 0.3 is 0 Å². The number of hydrogen-bond acceptors (Lipinski definition) is 4. The molecule has 0 atom stereocenters. The van der Waals surface area contributed by atoms with E-state index >= 15 is 0 Å². The second-order valence-electron chi connectivity index (χ2n) is 3.59. The van der Waals surface area contributed by atoms with E-state index in [4.69, 9.17) is 9.57 Å². The topological polar surface area (TPSA) is 67.9 Å². The quantitative estimate of drug-likeness (QED) is 0.645. The molecule has 0 fully saturated rings. The lowest BCUT2D eigenvalue weighted by Crippen LogP contribution is -2.26. The molecule has 19 heavy (non-hydrogen) atoms. The summed E-state index contributed by atoms with van der Waals surface area (Å²) in [5.74, 6) is -0.275. The lowest BCUT2D eigenvalue weighted by molar-refractivity contribution is -0.111. The number of anilines is 1. The highest BCUT2D eigenvalue weighted by Gasteiger charge is 2.17. The Morgan fingerprint density at radius 3 is 2.58 bits per heavy atom. The summed E-state index contributed by atoms with van der Waals surface area (Å²) in [6.45, 7) is 3.36. The third-order valence-electron chi connectivity index (χ3n) is 2.46. The zero-order valence-corrected chi connectivity index (χ0v) is 11.1. The van der Waals surface area contributed by atoms with Gasteiger partial charge in [-0.3, -0.25) is 14.4 Å². The number of hydrogen-bond donors (Lipinski definition) is 1. The summed E-state index contributed by atoms with van der Waals surface area (Å²) in [4.78, 5) is 28.2. The average molecular weight is 264 g/mol. The van der Waals surface area contributed by atoms with Crippen molar-refractivity contribution in [2.75, 3.05) is 26.6 Å². The highest BCUT2D eigenvalue weighted by Crippen LogP contribution is 2.23. The molecule has 0 aromatic heterocycles. The van der Waals surface area contributed by atoms with E-state index in [0.717, 1.165) is 11.1 Å². The third kappa shape index (κ3) is 3.56. The van der Waals surface area contributed by atoms with Gasteiger partial charge in [-0.05, 0) is 18.2 Å². The molecular formula is C13H16N2O4. The third-order valence-corrected chi connectivity index (χ3v) is 2.46. The maximum atomic E-state index is 12.0. The molecule has 2 amide bonds. The van der Waals surface area contributed by atoms with Crippen molar-refractivity contribution < 1.29 is 19.2 Å². The van der Waals surface area contributed by atoms with Crippen LogP contribution in [0.3, 0.4) is 0 Å². The van der Waals surface area contributed by atoms with Gasteiger partial charge in [-0.2, -0.15) is 0 Å². The van der Waals surface area contributed by atoms with Crippen molar-refractivity contribution in [3.8, 4) is 5.75 Å². The molecule has 0 unspecified atom stereocenters. The molecule has 0 radical (unpaired) electrons. The van der Waals surface area contributed by atoms with Gasteiger partial charge in [-0.15, -0.1) is 0 Å². The minimum atomic E-state index is -0.414. The monoisotopic (exact) mass is 264 g/mol. The van der Waals surface area contributed by atoms with Crippen LogP contribution >= 0.6 is 0 Å². The Morgan fingerprint density at radius 2 is 2.05 bits per heavy atom. The van der Waals surface area contributed by atoms with Crippen molar-refractivity contribution in [1.29, 1.82) is 0 Å². The van der Waals surface area contributed by atoms with Gasteiger partial charge in [0.25, 0.3) is 5.91 Å². The zero-order valence-electron chi connectivity index (χ0n) is 11.1. The van der Waals surface area contributed by atoms with Gasteiger partial charge in [0.05, 0.1) is 25.5 Å². The number of nitrogens with zero attached hydrogens (tertiary/aromatic N) is 1. The molecule has 0 bridgehead atoms. The maximum absolute atomic E-state index is 12.0. The first-order valence-corrected chi connectivity index (χ1v) is 5.47. The van der Waals surface area contributed by atoms with E-state index in [1.54, 1.807) is 18.2 Å². The summed E-state index contributed by atoms with van der Waals surface area (Å²) in [5, 5.41) is 3.62. The Hall–Kier alpha value is -2.34. The molecule has 0 saturated carbocycles. The number of ether oxygens (including phenoxy) is 1. The van der Waals surface area contributed by atoms with Crippen LogP contribution in [-0.2, 0) is 9.63 Å². The molecule has 0 spiro atoms. The Morgan fingerprint density at radius 1 is 1.37 bits per heavy atom. The van der Waals surface area contributed by atoms with Gasteiger partial charge in [-0.25, -0.2) is 5.06 Å². The zero-order chi connectivity index (χ0) is 14.4. The first kappa shape index (κ1) is 14.7. The van der Waals surface area contributed by atoms with Gasteiger partial charge in [0, 0.05) is 13.1 Å². The first-order valence-electron chi connectivity index (χ1n) is 5.47. The minimum Gasteiger partial charge on any atom is -0.497 e. The molecule has 0 aliphatic heterocycles. The predicted octanol–water partition coefficient (Wildman–Crippen LogP) is 1.45. The van der Waals surface area contributed by atoms with E-state index in [1.165, 1.54) is 21.3 Å². The van der Waals surface area contributed by atoms with Crippen LogP contribution in [0.2, 0.25) is 0 Å². The second-order valence-corrected chi connectivity index (χ2v) is 3.59. The number of carbonyl (C=O) groups excluding carboxylic acids is 2. The summed E-state index contributed by atoms with van der Waals surface area (Å²) < 4.78 is 5.06. The molecule has 6 heteroatoms. The van der Waals surface area contributed by atoms with Gasteiger partial charge in [0.15, 0.2) is 0 Å². The molecule has 0 heterocycles. The number of rotatable bonds is 5. The van der Waals surface area contributed by atoms with Crippen LogP contribution in [0.25, 0.3) is 0 Å². The molecule has 0 aliphatic carbocycles. The normalized spacial score (nSPS) is 9.63. The summed E-state index contributed by atoms with van der Waals surface area (Å²) in [6, 6.07) is 4.73. The van der Waals surface area contributed by atoms with Crippen LogP contribution in [0.15, 0.2) is 30.9 Å². The molecule has 1 aromatic rings. The number of hydroxylamine groups is 2. The fraction of sp³-hybridized carbons (Fsp3) is 0.231. The standard InChI is InChI=1S/C13H16N2O4/c1-5-12(16)14-11-8-9(18-3)6-7-10(11)13(17)15(2)19-4/h5-8H,1H2,2-4H3,(H,14,16). The SMILES string of the molecule is C=CC(=O)Nc1cc(OC)ccc1C(=O)N(C)OC. The molecule has 1 N–H and O–H groups in total. The molecule has 102 valence electrons. The van der Waals surface area contributed by atoms with E-state index in [0.29, 0.717) is 17.0 Å². The number of carbonyl (C=O) groups is 2. The highest BCUT2D eigenvalue weighted by atomic mass is 16.7. The van der Waals surface area contributed by atoms with Gasteiger partial charge in [-0.1, -0.05) is 6.58 Å². The summed E-state index contributed by atoms with van der Waals surface area (Å²) >= 11 is 0. The first-order chi connectivity index (χ1) is 9.03. The number of methoxy groups -OCH3 is 1. The van der Waals surface area contributed by atoms with Crippen molar-refractivity contribution in [2.45, 2.75) is 0 Å². The summed E-state index contributed by atoms with van der Waals surface area (Å²) in [5.41, 5.74) is 0.624. The summed E-state index contributed by atoms with van der Waals surface area (Å²) in [7, 11) is 4.35. The predicted molar refractivity (Wildman–Crippen MR) is 70.9 cm³/mol. The minimum absolute atomic E-state index is 0.292. The fourth-order valence-corrected chi connectivity index (χ4v) is 1.38. The van der Waals surface area contributed by atoms with Crippen molar-refractivity contribution >= 4 is 17.5 Å². The Labute approximate surface area is 111 Å². The number of nitrogens with one attached hydrogen (secondary N) is 1. The summed E-state index contributed by atoms with van der Waals surface area (Å²) in [6.07, 6.45) is 1.12. The highest BCUT2D eigenvalue weighted by molar-refractivity contribution is 6.06. The smallest absolute Gasteiger partial charge is 0.279 e. The van der Waals surface area contributed by atoms with Gasteiger partial charge in [0.2, 0.25) is 5.91 Å². The Kier molecular flexibility index (Phi) is 5.08. The fourth-order valence-electron chi connectivity index (χ4n) is 1.38. The van der Waals surface area contributed by atoms with Gasteiger partial charge < -0.3 is 10.1 Å². The van der Waals surface area contributed by atoms with Crippen LogP contribution in [-0.4, -0.2) is 38.1 Å². The molecule has 6 nitrogen and oxygen atoms in total. The molecule has 0 aliphatic rings. The average Bonchev–Trinajstić information content (AvgIpc) is 2.45. The van der Waals surface area contributed by atoms with E-state index in [1.807, 2.05) is 0 Å². The molecule has 0 saturated heterocycles. The van der Waals surface area contributed by atoms with Crippen molar-refractivity contribution in [3.63, 3.8) is 0 Å². The van der Waals surface area contributed by atoms with E-state index in [-0.39, 0.29) is 5.91 Å². The molecular weight excluding hydrogens is 248 g/mol. The van der Waals surface area contributed by atoms with E-state index in [2.05, 4.69) is 11.9 Å². The van der Waals surface area contributed by atoms with Crippen molar-refractivity contribution in [1.82, 2.24) is 5.06 Å².